The van der Waals surface area contributed by atoms with Crippen LogP contribution in [0.5, 0.6) is 0 Å². The lowest BCUT2D eigenvalue weighted by Gasteiger charge is -2.09. The topological polar surface area (TPSA) is 76.9 Å². The minimum atomic E-state index is -1.23. The first kappa shape index (κ1) is 21.6. The molecule has 1 N–H and O–H groups in total. The molecule has 0 bridgehead atoms. The molecule has 4 aromatic rings. The lowest BCUT2D eigenvalue weighted by molar-refractivity contribution is 0.0964. The highest BCUT2D eigenvalue weighted by Crippen LogP contribution is 2.29. The summed E-state index contributed by atoms with van der Waals surface area (Å²) in [6.45, 7) is 1.82. The number of hydrogen-bond donors (Lipinski definition) is 1. The highest BCUT2D eigenvalue weighted by molar-refractivity contribution is 7.84. The van der Waals surface area contributed by atoms with E-state index in [4.69, 9.17) is 0 Å². The molecular weight excluding hydrogens is 439 g/mol. The lowest BCUT2D eigenvalue weighted by atomic mass is 9.97. The zero-order valence-corrected chi connectivity index (χ0v) is 18.9. The number of carbonyl (C=O) groups excluding carboxylic acids is 1. The fourth-order valence-electron chi connectivity index (χ4n) is 4.31. The van der Waals surface area contributed by atoms with Crippen LogP contribution in [0.4, 0.5) is 4.39 Å². The number of nitrogens with zero attached hydrogens (tertiary/aromatic N) is 3. The average molecular weight is 463 g/mol. The van der Waals surface area contributed by atoms with Gasteiger partial charge < -0.3 is 5.32 Å². The van der Waals surface area contributed by atoms with Gasteiger partial charge in [-0.15, -0.1) is 0 Å². The molecule has 33 heavy (non-hydrogen) atoms. The van der Waals surface area contributed by atoms with Crippen molar-refractivity contribution in [3.8, 4) is 17.1 Å². The number of benzene rings is 2. The van der Waals surface area contributed by atoms with E-state index in [0.717, 1.165) is 24.9 Å². The van der Waals surface area contributed by atoms with Gasteiger partial charge in [0.2, 0.25) is 5.95 Å². The third kappa shape index (κ3) is 4.24. The molecule has 8 heteroatoms. The average Bonchev–Trinajstić information content (AvgIpc) is 3.47. The second-order valence-corrected chi connectivity index (χ2v) is 9.64. The van der Waals surface area contributed by atoms with Crippen molar-refractivity contribution < 1.29 is 13.4 Å². The summed E-state index contributed by atoms with van der Waals surface area (Å²) in [7, 11) is -1.23. The largest absolute Gasteiger partial charge is 0.316 e. The monoisotopic (exact) mass is 462 g/mol. The first-order valence-electron chi connectivity index (χ1n) is 10.8. The third-order valence-electron chi connectivity index (χ3n) is 6.08. The Bertz CT molecular complexity index is 1360. The minimum absolute atomic E-state index is 0.0911. The van der Waals surface area contributed by atoms with Crippen LogP contribution in [0, 0.1) is 11.7 Å². The summed E-state index contributed by atoms with van der Waals surface area (Å²) in [6.07, 6.45) is 8.00. The molecule has 3 heterocycles. The van der Waals surface area contributed by atoms with Crippen LogP contribution in [0.1, 0.15) is 23.2 Å². The van der Waals surface area contributed by atoms with Crippen molar-refractivity contribution in [2.24, 2.45) is 5.92 Å². The molecule has 1 saturated heterocycles. The van der Waals surface area contributed by atoms with Gasteiger partial charge in [-0.25, -0.2) is 14.4 Å². The third-order valence-corrected chi connectivity index (χ3v) is 7.02. The minimum Gasteiger partial charge on any atom is -0.316 e. The van der Waals surface area contributed by atoms with Gasteiger partial charge in [-0.1, -0.05) is 30.3 Å². The van der Waals surface area contributed by atoms with Crippen LogP contribution in [0.15, 0.2) is 66.0 Å². The SMILES string of the molecule is CS(=O)c1cn(-c2ncc(-c3ccccc3F)cn2)c2cc(C(=O)CC3CCNC3)ccc12. The summed E-state index contributed by atoms with van der Waals surface area (Å²) >= 11 is 0. The zero-order valence-electron chi connectivity index (χ0n) is 18.1. The first-order chi connectivity index (χ1) is 16.0. The number of ketones is 1. The molecule has 0 radical (unpaired) electrons. The molecule has 0 saturated carbocycles. The maximum Gasteiger partial charge on any atom is 0.234 e. The number of aromatic nitrogens is 3. The van der Waals surface area contributed by atoms with E-state index < -0.39 is 10.8 Å². The Morgan fingerprint density at radius 2 is 2.00 bits per heavy atom. The van der Waals surface area contributed by atoms with Crippen molar-refractivity contribution in [3.63, 3.8) is 0 Å². The molecule has 0 spiro atoms. The van der Waals surface area contributed by atoms with Gasteiger partial charge in [0.05, 0.1) is 21.2 Å². The molecule has 1 aliphatic rings. The number of fused-ring (bicyclic) bond motifs is 1. The standard InChI is InChI=1S/C25H23FN4O2S/c1-33(32)24-15-30(25-28-13-18(14-29-25)19-4-2-3-5-21(19)26)22-11-17(6-7-20(22)24)23(31)10-16-8-9-27-12-16/h2-7,11,13-16,27H,8-10,12H2,1H3. The summed E-state index contributed by atoms with van der Waals surface area (Å²) in [5.74, 6) is 0.465. The molecule has 5 rings (SSSR count). The quantitative estimate of drug-likeness (QED) is 0.436. The van der Waals surface area contributed by atoms with Gasteiger partial charge in [0.25, 0.3) is 0 Å². The second-order valence-electron chi connectivity index (χ2n) is 8.29. The fourth-order valence-corrected chi connectivity index (χ4v) is 5.05. The van der Waals surface area contributed by atoms with Crippen LogP contribution in [0.25, 0.3) is 28.0 Å². The number of halogens is 1. The molecule has 2 aromatic heterocycles. The van der Waals surface area contributed by atoms with Crippen molar-refractivity contribution in [2.75, 3.05) is 19.3 Å². The summed E-state index contributed by atoms with van der Waals surface area (Å²) in [5.41, 5.74) is 2.32. The van der Waals surface area contributed by atoms with Crippen molar-refractivity contribution >= 4 is 27.5 Å². The van der Waals surface area contributed by atoms with Gasteiger partial charge in [-0.3, -0.25) is 13.6 Å². The van der Waals surface area contributed by atoms with Crippen LogP contribution in [-0.2, 0) is 10.8 Å². The van der Waals surface area contributed by atoms with E-state index in [9.17, 15) is 13.4 Å². The summed E-state index contributed by atoms with van der Waals surface area (Å²) in [6, 6.07) is 11.9. The molecule has 2 atom stereocenters. The van der Waals surface area contributed by atoms with Gasteiger partial charge >= 0.3 is 0 Å². The summed E-state index contributed by atoms with van der Waals surface area (Å²) < 4.78 is 28.2. The van der Waals surface area contributed by atoms with E-state index in [1.807, 2.05) is 12.1 Å². The van der Waals surface area contributed by atoms with Crippen LogP contribution >= 0.6 is 0 Å². The molecule has 6 nitrogen and oxygen atoms in total. The van der Waals surface area contributed by atoms with E-state index in [2.05, 4.69) is 15.3 Å². The lowest BCUT2D eigenvalue weighted by Crippen LogP contribution is -2.13. The molecule has 2 unspecified atom stereocenters. The number of rotatable bonds is 6. The molecule has 1 fully saturated rings. The number of hydrogen-bond acceptors (Lipinski definition) is 5. The van der Waals surface area contributed by atoms with E-state index in [-0.39, 0.29) is 11.6 Å². The van der Waals surface area contributed by atoms with Gasteiger partial charge in [0.15, 0.2) is 5.78 Å². The zero-order chi connectivity index (χ0) is 22.9. The number of carbonyl (C=O) groups is 1. The maximum atomic E-state index is 14.1. The van der Waals surface area contributed by atoms with E-state index in [1.165, 1.54) is 6.07 Å². The molecular formula is C25H23FN4O2S. The van der Waals surface area contributed by atoms with Gasteiger partial charge in [-0.05, 0) is 37.6 Å². The van der Waals surface area contributed by atoms with Crippen molar-refractivity contribution in [1.29, 1.82) is 0 Å². The van der Waals surface area contributed by atoms with E-state index >= 15 is 0 Å². The Hall–Kier alpha value is -3.23. The Morgan fingerprint density at radius 3 is 2.70 bits per heavy atom. The summed E-state index contributed by atoms with van der Waals surface area (Å²) in [5, 5.41) is 4.08. The van der Waals surface area contributed by atoms with Crippen molar-refractivity contribution in [3.05, 3.63) is 72.4 Å². The number of nitrogens with one attached hydrogen (secondary N) is 1. The van der Waals surface area contributed by atoms with Crippen LogP contribution in [-0.4, -0.2) is 43.9 Å². The van der Waals surface area contributed by atoms with E-state index in [1.54, 1.807) is 53.7 Å². The Labute approximate surface area is 193 Å². The second kappa shape index (κ2) is 8.96. The molecule has 2 aromatic carbocycles. The molecule has 0 aliphatic carbocycles. The van der Waals surface area contributed by atoms with Gasteiger partial charge in [0, 0.05) is 53.3 Å². The van der Waals surface area contributed by atoms with Crippen molar-refractivity contribution in [2.45, 2.75) is 17.7 Å². The van der Waals surface area contributed by atoms with Gasteiger partial charge in [-0.2, -0.15) is 0 Å². The Kier molecular flexibility index (Phi) is 5.86. The first-order valence-corrected chi connectivity index (χ1v) is 12.4. The fraction of sp³-hybridized carbons (Fsp3) is 0.240. The Morgan fingerprint density at radius 1 is 1.21 bits per heavy atom. The van der Waals surface area contributed by atoms with Crippen LogP contribution in [0.2, 0.25) is 0 Å². The molecule has 0 amide bonds. The Balaban J connectivity index is 1.54. The van der Waals surface area contributed by atoms with Crippen LogP contribution < -0.4 is 5.32 Å². The predicted octanol–water partition coefficient (Wildman–Crippen LogP) is 4.15. The maximum absolute atomic E-state index is 14.1. The highest BCUT2D eigenvalue weighted by Gasteiger charge is 2.21. The number of Topliss-reactive ketones (excluding diaryl/α,β-unsaturated/α-hetero) is 1. The van der Waals surface area contributed by atoms with Crippen molar-refractivity contribution in [1.82, 2.24) is 19.9 Å². The smallest absolute Gasteiger partial charge is 0.234 e. The molecule has 1 aliphatic heterocycles. The van der Waals surface area contributed by atoms with Gasteiger partial charge in [0.1, 0.15) is 5.82 Å². The van der Waals surface area contributed by atoms with Crippen LogP contribution in [0.3, 0.4) is 0 Å². The highest BCUT2D eigenvalue weighted by atomic mass is 32.2. The predicted molar refractivity (Wildman–Crippen MR) is 127 cm³/mol. The van der Waals surface area contributed by atoms with E-state index in [0.29, 0.717) is 45.4 Å². The summed E-state index contributed by atoms with van der Waals surface area (Å²) in [4.78, 5) is 22.4. The normalized spacial score (nSPS) is 16.8. The molecule has 168 valence electrons.